The summed E-state index contributed by atoms with van der Waals surface area (Å²) >= 11 is 6.07. The van der Waals surface area contributed by atoms with Crippen molar-refractivity contribution < 1.29 is 4.74 Å². The van der Waals surface area contributed by atoms with Gasteiger partial charge in [-0.25, -0.2) is 0 Å². The van der Waals surface area contributed by atoms with Gasteiger partial charge in [-0.3, -0.25) is 0 Å². The number of ether oxygens (including phenoxy) is 1. The van der Waals surface area contributed by atoms with Crippen LogP contribution in [0.2, 0.25) is 5.02 Å². The molecule has 25 heavy (non-hydrogen) atoms. The summed E-state index contributed by atoms with van der Waals surface area (Å²) in [7, 11) is 1.68. The van der Waals surface area contributed by atoms with Crippen molar-refractivity contribution in [2.24, 2.45) is 0 Å². The lowest BCUT2D eigenvalue weighted by Gasteiger charge is -2.13. The van der Waals surface area contributed by atoms with E-state index in [9.17, 15) is 0 Å². The zero-order valence-corrected chi connectivity index (χ0v) is 14.6. The first-order chi connectivity index (χ1) is 12.2. The van der Waals surface area contributed by atoms with Gasteiger partial charge in [0.05, 0.1) is 7.11 Å². The van der Waals surface area contributed by atoms with Crippen LogP contribution in [0.1, 0.15) is 0 Å². The molecule has 0 saturated carbocycles. The lowest BCUT2D eigenvalue weighted by Crippen LogP contribution is -1.88. The van der Waals surface area contributed by atoms with Gasteiger partial charge in [-0.15, -0.1) is 0 Å². The fourth-order valence-corrected chi connectivity index (χ4v) is 3.24. The lowest BCUT2D eigenvalue weighted by molar-refractivity contribution is 0.415. The maximum atomic E-state index is 6.07. The number of benzene rings is 4. The number of fused-ring (bicyclic) bond motifs is 1. The molecule has 0 N–H and O–H groups in total. The lowest BCUT2D eigenvalue weighted by atomic mass is 9.91. The van der Waals surface area contributed by atoms with Crippen LogP contribution in [0.25, 0.3) is 33.0 Å². The zero-order valence-electron chi connectivity index (χ0n) is 13.9. The van der Waals surface area contributed by atoms with Crippen LogP contribution < -0.4 is 4.74 Å². The molecular formula is C23H17ClO. The number of methoxy groups -OCH3 is 1. The third-order valence-corrected chi connectivity index (χ3v) is 4.69. The van der Waals surface area contributed by atoms with E-state index in [4.69, 9.17) is 16.3 Å². The topological polar surface area (TPSA) is 9.23 Å². The minimum absolute atomic E-state index is 0.746. The maximum absolute atomic E-state index is 6.07. The molecule has 4 rings (SSSR count). The minimum atomic E-state index is 0.746. The fraction of sp³-hybridized carbons (Fsp3) is 0.0435. The third kappa shape index (κ3) is 3.11. The van der Waals surface area contributed by atoms with Gasteiger partial charge in [0.2, 0.25) is 0 Å². The van der Waals surface area contributed by atoms with E-state index in [1.165, 1.54) is 21.9 Å². The number of rotatable bonds is 3. The Hall–Kier alpha value is -2.77. The van der Waals surface area contributed by atoms with E-state index in [0.717, 1.165) is 21.9 Å². The summed E-state index contributed by atoms with van der Waals surface area (Å²) in [5, 5.41) is 3.20. The zero-order chi connectivity index (χ0) is 17.2. The highest BCUT2D eigenvalue weighted by Gasteiger charge is 2.10. The Morgan fingerprint density at radius 1 is 0.640 bits per heavy atom. The molecule has 122 valence electrons. The highest BCUT2D eigenvalue weighted by molar-refractivity contribution is 6.30. The van der Waals surface area contributed by atoms with Gasteiger partial charge in [0.1, 0.15) is 5.75 Å². The van der Waals surface area contributed by atoms with Gasteiger partial charge in [-0.1, -0.05) is 60.1 Å². The molecule has 0 saturated heterocycles. The van der Waals surface area contributed by atoms with Crippen molar-refractivity contribution in [2.75, 3.05) is 7.11 Å². The van der Waals surface area contributed by atoms with Gasteiger partial charge in [0.25, 0.3) is 0 Å². The van der Waals surface area contributed by atoms with Crippen molar-refractivity contribution in [1.29, 1.82) is 0 Å². The molecule has 0 unspecified atom stereocenters. The monoisotopic (exact) mass is 344 g/mol. The highest BCUT2D eigenvalue weighted by atomic mass is 35.5. The first kappa shape index (κ1) is 15.7. The van der Waals surface area contributed by atoms with E-state index in [1.54, 1.807) is 7.11 Å². The normalized spacial score (nSPS) is 10.8. The number of halogens is 1. The smallest absolute Gasteiger partial charge is 0.118 e. The van der Waals surface area contributed by atoms with E-state index >= 15 is 0 Å². The van der Waals surface area contributed by atoms with E-state index in [2.05, 4.69) is 60.7 Å². The summed E-state index contributed by atoms with van der Waals surface area (Å²) in [5.41, 5.74) is 4.71. The van der Waals surface area contributed by atoms with E-state index in [0.29, 0.717) is 0 Å². The summed E-state index contributed by atoms with van der Waals surface area (Å²) in [5.74, 6) is 0.859. The maximum Gasteiger partial charge on any atom is 0.118 e. The van der Waals surface area contributed by atoms with Gasteiger partial charge >= 0.3 is 0 Å². The van der Waals surface area contributed by atoms with Crippen molar-refractivity contribution in [3.63, 3.8) is 0 Å². The second-order valence-electron chi connectivity index (χ2n) is 5.98. The molecule has 0 bridgehead atoms. The number of hydrogen-bond acceptors (Lipinski definition) is 1. The Bertz CT molecular complexity index is 1020. The molecule has 4 aromatic carbocycles. The van der Waals surface area contributed by atoms with Crippen molar-refractivity contribution in [3.05, 3.63) is 90.0 Å². The van der Waals surface area contributed by atoms with Crippen molar-refractivity contribution in [3.8, 4) is 28.0 Å². The van der Waals surface area contributed by atoms with Crippen LogP contribution in [0.15, 0.2) is 84.9 Å². The molecule has 0 heterocycles. The predicted octanol–water partition coefficient (Wildman–Crippen LogP) is 6.84. The molecular weight excluding hydrogens is 328 g/mol. The van der Waals surface area contributed by atoms with Gasteiger partial charge in [-0.05, 0) is 69.4 Å². The predicted molar refractivity (Wildman–Crippen MR) is 106 cm³/mol. The molecule has 0 aliphatic carbocycles. The first-order valence-electron chi connectivity index (χ1n) is 8.18. The summed E-state index contributed by atoms with van der Waals surface area (Å²) in [6.07, 6.45) is 0. The van der Waals surface area contributed by atoms with Gasteiger partial charge in [0, 0.05) is 5.02 Å². The Kier molecular flexibility index (Phi) is 4.17. The summed E-state index contributed by atoms with van der Waals surface area (Å²) in [6, 6.07) is 29.1. The van der Waals surface area contributed by atoms with Crippen molar-refractivity contribution >= 4 is 22.4 Å². The second kappa shape index (κ2) is 6.62. The largest absolute Gasteiger partial charge is 0.497 e. The summed E-state index contributed by atoms with van der Waals surface area (Å²) in [6.45, 7) is 0. The standard InChI is InChI=1S/C23H17ClO/c1-25-21-12-8-17(9-13-21)23-15-19-5-3-2-4-18(19)14-22(23)16-6-10-20(24)11-7-16/h2-15H,1H3. The third-order valence-electron chi connectivity index (χ3n) is 4.44. The van der Waals surface area contributed by atoms with Crippen LogP contribution in [0.3, 0.4) is 0 Å². The molecule has 0 amide bonds. The molecule has 0 atom stereocenters. The molecule has 0 aromatic heterocycles. The van der Waals surface area contributed by atoms with Gasteiger partial charge < -0.3 is 4.74 Å². The molecule has 0 fully saturated rings. The SMILES string of the molecule is COc1ccc(-c2cc3ccccc3cc2-c2ccc(Cl)cc2)cc1. The highest BCUT2D eigenvalue weighted by Crippen LogP contribution is 2.36. The molecule has 0 radical (unpaired) electrons. The Morgan fingerprint density at radius 2 is 1.12 bits per heavy atom. The fourth-order valence-electron chi connectivity index (χ4n) is 3.12. The van der Waals surface area contributed by atoms with Crippen LogP contribution in [-0.4, -0.2) is 7.11 Å². The molecule has 0 aliphatic heterocycles. The minimum Gasteiger partial charge on any atom is -0.497 e. The van der Waals surface area contributed by atoms with Crippen LogP contribution in [0.5, 0.6) is 5.75 Å². The second-order valence-corrected chi connectivity index (χ2v) is 6.42. The van der Waals surface area contributed by atoms with Crippen LogP contribution in [0, 0.1) is 0 Å². The van der Waals surface area contributed by atoms with E-state index in [-0.39, 0.29) is 0 Å². The summed E-state index contributed by atoms with van der Waals surface area (Å²) < 4.78 is 5.29. The molecule has 2 heteroatoms. The Morgan fingerprint density at radius 3 is 1.60 bits per heavy atom. The van der Waals surface area contributed by atoms with Gasteiger partial charge in [0.15, 0.2) is 0 Å². The van der Waals surface area contributed by atoms with Crippen LogP contribution in [-0.2, 0) is 0 Å². The summed E-state index contributed by atoms with van der Waals surface area (Å²) in [4.78, 5) is 0. The van der Waals surface area contributed by atoms with Crippen molar-refractivity contribution in [1.82, 2.24) is 0 Å². The quantitative estimate of drug-likeness (QED) is 0.395. The number of hydrogen-bond donors (Lipinski definition) is 0. The molecule has 0 spiro atoms. The average molecular weight is 345 g/mol. The van der Waals surface area contributed by atoms with Crippen LogP contribution >= 0.6 is 11.6 Å². The first-order valence-corrected chi connectivity index (χ1v) is 8.55. The van der Waals surface area contributed by atoms with E-state index in [1.807, 2.05) is 24.3 Å². The Balaban J connectivity index is 1.96. The molecule has 1 nitrogen and oxygen atoms in total. The van der Waals surface area contributed by atoms with Crippen molar-refractivity contribution in [2.45, 2.75) is 0 Å². The van der Waals surface area contributed by atoms with Crippen LogP contribution in [0.4, 0.5) is 0 Å². The molecule has 4 aromatic rings. The average Bonchev–Trinajstić information content (AvgIpc) is 2.68. The Labute approximate surface area is 152 Å². The molecule has 0 aliphatic rings. The van der Waals surface area contributed by atoms with Gasteiger partial charge in [-0.2, -0.15) is 0 Å². The van der Waals surface area contributed by atoms with E-state index < -0.39 is 0 Å².